The van der Waals surface area contributed by atoms with E-state index in [2.05, 4.69) is 5.32 Å². The van der Waals surface area contributed by atoms with Crippen LogP contribution in [-0.2, 0) is 9.59 Å². The lowest BCUT2D eigenvalue weighted by Gasteiger charge is -2.19. The van der Waals surface area contributed by atoms with Gasteiger partial charge in [0.05, 0.1) is 0 Å². The van der Waals surface area contributed by atoms with Crippen molar-refractivity contribution in [3.63, 3.8) is 0 Å². The van der Waals surface area contributed by atoms with Gasteiger partial charge >= 0.3 is 0 Å². The summed E-state index contributed by atoms with van der Waals surface area (Å²) in [4.78, 5) is 24.8. The highest BCUT2D eigenvalue weighted by molar-refractivity contribution is 5.79. The molecule has 0 aliphatic carbocycles. The Hall–Kier alpha value is -2.04. The van der Waals surface area contributed by atoms with Crippen molar-refractivity contribution in [1.82, 2.24) is 10.2 Å². The molecule has 3 N–H and O–H groups in total. The van der Waals surface area contributed by atoms with Gasteiger partial charge in [-0.3, -0.25) is 9.59 Å². The van der Waals surface area contributed by atoms with Gasteiger partial charge in [-0.2, -0.15) is 0 Å². The normalized spacial score (nSPS) is 11.8. The van der Waals surface area contributed by atoms with Crippen molar-refractivity contribution in [3.8, 4) is 0 Å². The molecular formula is C15H23N3O2. The van der Waals surface area contributed by atoms with E-state index < -0.39 is 0 Å². The zero-order valence-electron chi connectivity index (χ0n) is 12.3. The maximum Gasteiger partial charge on any atom is 0.222 e. The number of amides is 2. The van der Waals surface area contributed by atoms with Crippen LogP contribution in [0.4, 0.5) is 5.69 Å². The van der Waals surface area contributed by atoms with Gasteiger partial charge in [0.15, 0.2) is 0 Å². The average molecular weight is 277 g/mol. The summed E-state index contributed by atoms with van der Waals surface area (Å²) >= 11 is 0. The molecule has 1 aromatic rings. The largest absolute Gasteiger partial charge is 0.399 e. The fourth-order valence-corrected chi connectivity index (χ4v) is 1.88. The number of hydrogen-bond acceptors (Lipinski definition) is 3. The number of nitrogens with one attached hydrogen (secondary N) is 1. The van der Waals surface area contributed by atoms with Crippen molar-refractivity contribution in [2.45, 2.75) is 25.7 Å². The predicted octanol–water partition coefficient (Wildman–Crippen LogP) is 1.36. The zero-order chi connectivity index (χ0) is 15.1. The molecule has 1 atom stereocenters. The Morgan fingerprint density at radius 3 is 2.45 bits per heavy atom. The minimum Gasteiger partial charge on any atom is -0.399 e. The molecule has 110 valence electrons. The van der Waals surface area contributed by atoms with Crippen LogP contribution >= 0.6 is 0 Å². The van der Waals surface area contributed by atoms with Gasteiger partial charge in [-0.05, 0) is 23.6 Å². The Labute approximate surface area is 120 Å². The minimum absolute atomic E-state index is 0.0400. The van der Waals surface area contributed by atoms with Crippen LogP contribution < -0.4 is 11.1 Å². The highest BCUT2D eigenvalue weighted by atomic mass is 16.2. The molecule has 0 aliphatic heterocycles. The van der Waals surface area contributed by atoms with E-state index in [0.717, 1.165) is 11.3 Å². The molecule has 5 nitrogen and oxygen atoms in total. The summed E-state index contributed by atoms with van der Waals surface area (Å²) in [5.41, 5.74) is 7.45. The molecule has 0 spiro atoms. The quantitative estimate of drug-likeness (QED) is 0.771. The first-order valence-corrected chi connectivity index (χ1v) is 6.74. The third-order valence-electron chi connectivity index (χ3n) is 3.37. The third-order valence-corrected chi connectivity index (χ3v) is 3.37. The number of nitrogens with two attached hydrogens (primary N) is 1. The number of benzene rings is 1. The van der Waals surface area contributed by atoms with Crippen LogP contribution in [0.3, 0.4) is 0 Å². The summed E-state index contributed by atoms with van der Waals surface area (Å²) in [5, 5.41) is 2.54. The lowest BCUT2D eigenvalue weighted by molar-refractivity contribution is -0.130. The van der Waals surface area contributed by atoms with Crippen molar-refractivity contribution in [2.75, 3.05) is 26.4 Å². The van der Waals surface area contributed by atoms with Crippen LogP contribution in [-0.4, -0.2) is 37.4 Å². The maximum absolute atomic E-state index is 12.1. The number of carbonyl (C=O) groups excluding carboxylic acids is 2. The van der Waals surface area contributed by atoms with Crippen LogP contribution in [0, 0.1) is 0 Å². The van der Waals surface area contributed by atoms with Crippen LogP contribution in [0.25, 0.3) is 0 Å². The summed E-state index contributed by atoms with van der Waals surface area (Å²) in [6.45, 7) is 2.45. The van der Waals surface area contributed by atoms with Gasteiger partial charge in [0.2, 0.25) is 11.8 Å². The Bertz CT molecular complexity index is 457. The van der Waals surface area contributed by atoms with Crippen LogP contribution in [0.1, 0.15) is 31.2 Å². The van der Waals surface area contributed by atoms with E-state index in [1.54, 1.807) is 19.0 Å². The molecule has 1 aromatic carbocycles. The molecule has 1 rings (SSSR count). The van der Waals surface area contributed by atoms with Crippen molar-refractivity contribution in [3.05, 3.63) is 29.8 Å². The number of hydrogen-bond donors (Lipinski definition) is 2. The van der Waals surface area contributed by atoms with Crippen molar-refractivity contribution >= 4 is 17.5 Å². The maximum atomic E-state index is 12.1. The summed E-state index contributed by atoms with van der Waals surface area (Å²) < 4.78 is 0. The second kappa shape index (κ2) is 7.53. The van der Waals surface area contributed by atoms with Gasteiger partial charge in [0.1, 0.15) is 0 Å². The van der Waals surface area contributed by atoms with Gasteiger partial charge in [-0.1, -0.05) is 19.1 Å². The standard InChI is InChI=1S/C15H23N3O2/c1-11(12-4-6-13(16)7-5-12)10-15(20)18(3)9-8-14(19)17-2/h4-7,11H,8-10,16H2,1-3H3,(H,17,19). The molecule has 0 aromatic heterocycles. The van der Waals surface area contributed by atoms with Crippen molar-refractivity contribution < 1.29 is 9.59 Å². The van der Waals surface area contributed by atoms with E-state index in [0.29, 0.717) is 19.4 Å². The second-order valence-electron chi connectivity index (χ2n) is 5.01. The minimum atomic E-state index is -0.0590. The van der Waals surface area contributed by atoms with Crippen molar-refractivity contribution in [2.24, 2.45) is 0 Å². The first kappa shape index (κ1) is 16.0. The van der Waals surface area contributed by atoms with Gasteiger partial charge < -0.3 is 16.0 Å². The van der Waals surface area contributed by atoms with Gasteiger partial charge in [-0.15, -0.1) is 0 Å². The molecule has 0 saturated heterocycles. The van der Waals surface area contributed by atoms with Gasteiger partial charge in [0, 0.05) is 39.2 Å². The Morgan fingerprint density at radius 1 is 1.30 bits per heavy atom. The second-order valence-corrected chi connectivity index (χ2v) is 5.01. The number of nitrogens with zero attached hydrogens (tertiary/aromatic N) is 1. The fourth-order valence-electron chi connectivity index (χ4n) is 1.88. The van der Waals surface area contributed by atoms with Crippen LogP contribution in [0.15, 0.2) is 24.3 Å². The average Bonchev–Trinajstić information content (AvgIpc) is 2.44. The summed E-state index contributed by atoms with van der Waals surface area (Å²) in [7, 11) is 3.31. The van der Waals surface area contributed by atoms with Crippen molar-refractivity contribution in [1.29, 1.82) is 0 Å². The number of anilines is 1. The summed E-state index contributed by atoms with van der Waals surface area (Å²) in [6.07, 6.45) is 0.753. The predicted molar refractivity (Wildman–Crippen MR) is 80.2 cm³/mol. The Balaban J connectivity index is 2.48. The Kier molecular flexibility index (Phi) is 6.03. The molecule has 5 heteroatoms. The molecule has 0 heterocycles. The van der Waals surface area contributed by atoms with E-state index in [-0.39, 0.29) is 17.7 Å². The van der Waals surface area contributed by atoms with E-state index in [4.69, 9.17) is 5.73 Å². The van der Waals surface area contributed by atoms with E-state index in [1.807, 2.05) is 31.2 Å². The topological polar surface area (TPSA) is 75.4 Å². The Morgan fingerprint density at radius 2 is 1.90 bits per heavy atom. The van der Waals surface area contributed by atoms with Crippen LogP contribution in [0.5, 0.6) is 0 Å². The molecule has 0 saturated carbocycles. The zero-order valence-corrected chi connectivity index (χ0v) is 12.3. The monoisotopic (exact) mass is 277 g/mol. The lowest BCUT2D eigenvalue weighted by Crippen LogP contribution is -2.31. The molecule has 0 fully saturated rings. The smallest absolute Gasteiger partial charge is 0.222 e. The molecule has 1 unspecified atom stereocenters. The molecule has 0 aliphatic rings. The van der Waals surface area contributed by atoms with E-state index in [1.165, 1.54) is 0 Å². The van der Waals surface area contributed by atoms with Gasteiger partial charge in [-0.25, -0.2) is 0 Å². The highest BCUT2D eigenvalue weighted by Gasteiger charge is 2.15. The van der Waals surface area contributed by atoms with Gasteiger partial charge in [0.25, 0.3) is 0 Å². The number of carbonyl (C=O) groups is 2. The first-order chi connectivity index (χ1) is 9.43. The molecule has 20 heavy (non-hydrogen) atoms. The summed E-state index contributed by atoms with van der Waals surface area (Å²) in [6, 6.07) is 7.56. The molecule has 0 bridgehead atoms. The SMILES string of the molecule is CNC(=O)CCN(C)C(=O)CC(C)c1ccc(N)cc1. The lowest BCUT2D eigenvalue weighted by atomic mass is 9.97. The van der Waals surface area contributed by atoms with E-state index >= 15 is 0 Å². The highest BCUT2D eigenvalue weighted by Crippen LogP contribution is 2.20. The molecule has 2 amide bonds. The summed E-state index contributed by atoms with van der Waals surface area (Å²) in [5.74, 6) is 0.111. The van der Waals surface area contributed by atoms with E-state index in [9.17, 15) is 9.59 Å². The first-order valence-electron chi connectivity index (χ1n) is 6.74. The molecular weight excluding hydrogens is 254 g/mol. The number of nitrogen functional groups attached to an aromatic ring is 1. The fraction of sp³-hybridized carbons (Fsp3) is 0.467. The molecule has 0 radical (unpaired) electrons. The number of rotatable bonds is 6. The third kappa shape index (κ3) is 4.91. The van der Waals surface area contributed by atoms with Crippen LogP contribution in [0.2, 0.25) is 0 Å².